The zero-order valence-electron chi connectivity index (χ0n) is 9.80. The van der Waals surface area contributed by atoms with Crippen molar-refractivity contribution in [3.63, 3.8) is 0 Å². The summed E-state index contributed by atoms with van der Waals surface area (Å²) in [5.41, 5.74) is 1.29. The van der Waals surface area contributed by atoms with E-state index < -0.39 is 0 Å². The molecule has 2 amide bonds. The molecule has 4 heteroatoms. The van der Waals surface area contributed by atoms with Crippen LogP contribution in [0.4, 0.5) is 4.79 Å². The van der Waals surface area contributed by atoms with Crippen LogP contribution in [0.1, 0.15) is 12.0 Å². The number of nitrogens with zero attached hydrogens (tertiary/aromatic N) is 1. The van der Waals surface area contributed by atoms with E-state index in [4.69, 9.17) is 5.11 Å². The second-order valence-electron chi connectivity index (χ2n) is 4.38. The summed E-state index contributed by atoms with van der Waals surface area (Å²) in [6.45, 7) is 1.61. The number of aryl methyl sites for hydroxylation is 1. The number of carbonyl (C=O) groups is 1. The molecule has 1 heterocycles. The van der Waals surface area contributed by atoms with E-state index in [1.807, 2.05) is 18.2 Å². The first-order valence-electron chi connectivity index (χ1n) is 6.00. The van der Waals surface area contributed by atoms with Gasteiger partial charge < -0.3 is 15.3 Å². The Bertz CT molecular complexity index is 361. The summed E-state index contributed by atoms with van der Waals surface area (Å²) in [4.78, 5) is 13.1. The third kappa shape index (κ3) is 3.46. The van der Waals surface area contributed by atoms with Crippen LogP contribution in [-0.4, -0.2) is 41.8 Å². The topological polar surface area (TPSA) is 52.6 Å². The minimum Gasteiger partial charge on any atom is -0.389 e. The number of hydrogen-bond donors (Lipinski definition) is 2. The molecular formula is C13H18N2O2. The maximum absolute atomic E-state index is 11.5. The fourth-order valence-corrected chi connectivity index (χ4v) is 1.87. The molecule has 17 heavy (non-hydrogen) atoms. The van der Waals surface area contributed by atoms with Crippen LogP contribution in [-0.2, 0) is 6.42 Å². The molecule has 0 aromatic heterocycles. The normalized spacial score (nSPS) is 15.5. The molecule has 0 atom stereocenters. The molecule has 4 nitrogen and oxygen atoms in total. The summed E-state index contributed by atoms with van der Waals surface area (Å²) in [5, 5.41) is 11.9. The number of nitrogens with one attached hydrogen (secondary N) is 1. The Balaban J connectivity index is 1.59. The van der Waals surface area contributed by atoms with E-state index in [2.05, 4.69) is 17.4 Å². The van der Waals surface area contributed by atoms with Gasteiger partial charge in [-0.2, -0.15) is 0 Å². The third-order valence-corrected chi connectivity index (χ3v) is 2.91. The minimum absolute atomic E-state index is 0.0663. The van der Waals surface area contributed by atoms with Gasteiger partial charge in [-0.1, -0.05) is 30.3 Å². The van der Waals surface area contributed by atoms with Gasteiger partial charge in [-0.3, -0.25) is 0 Å². The second-order valence-corrected chi connectivity index (χ2v) is 4.38. The predicted molar refractivity (Wildman–Crippen MR) is 65.7 cm³/mol. The highest BCUT2D eigenvalue weighted by Crippen LogP contribution is 2.07. The fraction of sp³-hybridized carbons (Fsp3) is 0.462. The molecule has 2 rings (SSSR count). The number of β-amino-alcohol motifs (C(OH)–C–C–N with tert-alkyl or cyclic N) is 1. The Labute approximate surface area is 101 Å². The number of urea groups is 1. The first-order chi connectivity index (χ1) is 8.25. The zero-order chi connectivity index (χ0) is 12.1. The molecule has 0 spiro atoms. The number of benzene rings is 1. The van der Waals surface area contributed by atoms with Crippen molar-refractivity contribution in [3.8, 4) is 0 Å². The van der Waals surface area contributed by atoms with Crippen molar-refractivity contribution in [1.82, 2.24) is 10.2 Å². The molecular weight excluding hydrogens is 216 g/mol. The lowest BCUT2D eigenvalue weighted by Gasteiger charge is -2.35. The predicted octanol–water partition coefficient (Wildman–Crippen LogP) is 1.01. The Hall–Kier alpha value is -1.55. The maximum atomic E-state index is 11.5. The summed E-state index contributed by atoms with van der Waals surface area (Å²) in [5.74, 6) is 0. The van der Waals surface area contributed by atoms with Crippen LogP contribution < -0.4 is 5.32 Å². The average molecular weight is 234 g/mol. The molecule has 0 aliphatic carbocycles. The van der Waals surface area contributed by atoms with Crippen LogP contribution in [0.25, 0.3) is 0 Å². The number of amides is 2. The van der Waals surface area contributed by atoms with Gasteiger partial charge in [-0.25, -0.2) is 4.79 Å². The number of aliphatic hydroxyl groups is 1. The van der Waals surface area contributed by atoms with E-state index in [1.54, 1.807) is 4.90 Å². The smallest absolute Gasteiger partial charge is 0.317 e. The van der Waals surface area contributed by atoms with Gasteiger partial charge in [0.1, 0.15) is 0 Å². The zero-order valence-corrected chi connectivity index (χ0v) is 9.80. The van der Waals surface area contributed by atoms with Crippen LogP contribution >= 0.6 is 0 Å². The van der Waals surface area contributed by atoms with Gasteiger partial charge in [0.2, 0.25) is 0 Å². The van der Waals surface area contributed by atoms with Crippen molar-refractivity contribution in [2.45, 2.75) is 18.9 Å². The lowest BCUT2D eigenvalue weighted by molar-refractivity contribution is 0.0267. The number of aliphatic hydroxyl groups excluding tert-OH is 1. The molecule has 1 aliphatic heterocycles. The average Bonchev–Trinajstić information content (AvgIpc) is 2.32. The molecule has 0 saturated carbocycles. The second kappa shape index (κ2) is 5.68. The molecule has 2 N–H and O–H groups in total. The van der Waals surface area contributed by atoms with Crippen molar-refractivity contribution in [3.05, 3.63) is 35.9 Å². The largest absolute Gasteiger partial charge is 0.389 e. The SMILES string of the molecule is O=C(NCCCc1ccccc1)N1CC(O)C1. The van der Waals surface area contributed by atoms with E-state index in [9.17, 15) is 4.79 Å². The lowest BCUT2D eigenvalue weighted by Crippen LogP contribution is -2.56. The van der Waals surface area contributed by atoms with E-state index in [-0.39, 0.29) is 12.1 Å². The van der Waals surface area contributed by atoms with Crippen molar-refractivity contribution < 1.29 is 9.90 Å². The lowest BCUT2D eigenvalue weighted by atomic mass is 10.1. The first kappa shape index (κ1) is 11.9. The first-order valence-corrected chi connectivity index (χ1v) is 6.00. The highest BCUT2D eigenvalue weighted by Gasteiger charge is 2.28. The van der Waals surface area contributed by atoms with Gasteiger partial charge in [0, 0.05) is 6.54 Å². The van der Waals surface area contributed by atoms with Crippen LogP contribution in [0.3, 0.4) is 0 Å². The summed E-state index contributed by atoms with van der Waals surface area (Å²) >= 11 is 0. The van der Waals surface area contributed by atoms with Crippen molar-refractivity contribution >= 4 is 6.03 Å². The molecule has 0 radical (unpaired) electrons. The van der Waals surface area contributed by atoms with Gasteiger partial charge in [0.25, 0.3) is 0 Å². The van der Waals surface area contributed by atoms with E-state index >= 15 is 0 Å². The third-order valence-electron chi connectivity index (χ3n) is 2.91. The van der Waals surface area contributed by atoms with Gasteiger partial charge >= 0.3 is 6.03 Å². The van der Waals surface area contributed by atoms with E-state index in [1.165, 1.54) is 5.56 Å². The highest BCUT2D eigenvalue weighted by atomic mass is 16.3. The fourth-order valence-electron chi connectivity index (χ4n) is 1.87. The van der Waals surface area contributed by atoms with Gasteiger partial charge in [-0.15, -0.1) is 0 Å². The van der Waals surface area contributed by atoms with Crippen molar-refractivity contribution in [2.75, 3.05) is 19.6 Å². The molecule has 1 aliphatic rings. The molecule has 1 aromatic carbocycles. The van der Waals surface area contributed by atoms with Crippen LogP contribution in [0, 0.1) is 0 Å². The Morgan fingerprint density at radius 2 is 2.06 bits per heavy atom. The molecule has 1 fully saturated rings. The standard InChI is InChI=1S/C13H18N2O2/c16-12-9-15(10-12)13(17)14-8-4-7-11-5-2-1-3-6-11/h1-3,5-6,12,16H,4,7-10H2,(H,14,17). The molecule has 0 unspecified atom stereocenters. The molecule has 1 aromatic rings. The quantitative estimate of drug-likeness (QED) is 0.764. The molecule has 0 bridgehead atoms. The summed E-state index contributed by atoms with van der Waals surface area (Å²) in [6, 6.07) is 10.2. The number of likely N-dealkylation sites (tertiary alicyclic amines) is 1. The molecule has 92 valence electrons. The van der Waals surface area contributed by atoms with E-state index in [0.717, 1.165) is 12.8 Å². The summed E-state index contributed by atoms with van der Waals surface area (Å²) in [6.07, 6.45) is 1.58. The maximum Gasteiger partial charge on any atom is 0.317 e. The van der Waals surface area contributed by atoms with E-state index in [0.29, 0.717) is 19.6 Å². The number of carbonyl (C=O) groups excluding carboxylic acids is 1. The monoisotopic (exact) mass is 234 g/mol. The number of hydrogen-bond acceptors (Lipinski definition) is 2. The van der Waals surface area contributed by atoms with Crippen LogP contribution in [0.15, 0.2) is 30.3 Å². The Morgan fingerprint density at radius 1 is 1.35 bits per heavy atom. The summed E-state index contributed by atoms with van der Waals surface area (Å²) < 4.78 is 0. The van der Waals surface area contributed by atoms with Gasteiger partial charge in [0.15, 0.2) is 0 Å². The number of rotatable bonds is 4. The highest BCUT2D eigenvalue weighted by molar-refractivity contribution is 5.75. The van der Waals surface area contributed by atoms with Crippen molar-refractivity contribution in [1.29, 1.82) is 0 Å². The van der Waals surface area contributed by atoms with Crippen LogP contribution in [0.2, 0.25) is 0 Å². The minimum atomic E-state index is -0.329. The van der Waals surface area contributed by atoms with Crippen molar-refractivity contribution in [2.24, 2.45) is 0 Å². The van der Waals surface area contributed by atoms with Gasteiger partial charge in [-0.05, 0) is 18.4 Å². The summed E-state index contributed by atoms with van der Waals surface area (Å²) in [7, 11) is 0. The van der Waals surface area contributed by atoms with Crippen LogP contribution in [0.5, 0.6) is 0 Å². The Kier molecular flexibility index (Phi) is 3.98. The molecule has 1 saturated heterocycles. The Morgan fingerprint density at radius 3 is 2.71 bits per heavy atom. The van der Waals surface area contributed by atoms with Gasteiger partial charge in [0.05, 0.1) is 19.2 Å².